The Balaban J connectivity index is 1.56. The molecule has 0 radical (unpaired) electrons. The van der Waals surface area contributed by atoms with E-state index in [1.54, 1.807) is 20.4 Å². The topological polar surface area (TPSA) is 72.4 Å². The summed E-state index contributed by atoms with van der Waals surface area (Å²) in [6.45, 7) is 1.52. The second kappa shape index (κ2) is 7.49. The van der Waals surface area contributed by atoms with Gasteiger partial charge in [0, 0.05) is 18.8 Å². The predicted octanol–water partition coefficient (Wildman–Crippen LogP) is 3.20. The Morgan fingerprint density at radius 3 is 2.48 bits per heavy atom. The maximum atomic E-state index is 5.43. The first kappa shape index (κ1) is 17.1. The average Bonchev–Trinajstić information content (AvgIpc) is 2.73. The van der Waals surface area contributed by atoms with Crippen molar-refractivity contribution in [3.63, 3.8) is 0 Å². The highest BCUT2D eigenvalue weighted by Crippen LogP contribution is 2.33. The largest absolute Gasteiger partial charge is 0.493 e. The lowest BCUT2D eigenvalue weighted by Crippen LogP contribution is -2.32. The zero-order valence-corrected chi connectivity index (χ0v) is 15.3. The monoisotopic (exact) mass is 363 g/mol. The minimum atomic E-state index is 0.608. The van der Waals surface area contributed by atoms with Gasteiger partial charge >= 0.3 is 0 Å². The molecule has 0 saturated heterocycles. The third-order valence-electron chi connectivity index (χ3n) is 4.59. The summed E-state index contributed by atoms with van der Waals surface area (Å²) in [5.41, 5.74) is 3.41. The van der Waals surface area contributed by atoms with Crippen LogP contribution in [0.3, 0.4) is 0 Å². The maximum absolute atomic E-state index is 5.43. The van der Waals surface area contributed by atoms with Crippen molar-refractivity contribution in [1.29, 1.82) is 0 Å². The Morgan fingerprint density at radius 2 is 1.74 bits per heavy atom. The second-order valence-electron chi connectivity index (χ2n) is 6.28. The van der Waals surface area contributed by atoms with Crippen molar-refractivity contribution in [2.75, 3.05) is 31.0 Å². The highest BCUT2D eigenvalue weighted by Gasteiger charge is 2.21. The van der Waals surface area contributed by atoms with Crippen LogP contribution in [0.1, 0.15) is 11.1 Å². The Labute approximate surface area is 158 Å². The molecule has 2 heterocycles. The van der Waals surface area contributed by atoms with E-state index < -0.39 is 0 Å². The normalized spacial score (nSPS) is 13.0. The lowest BCUT2D eigenvalue weighted by Gasteiger charge is -2.29. The number of aromatic nitrogens is 3. The molecule has 0 unspecified atom stereocenters. The summed E-state index contributed by atoms with van der Waals surface area (Å²) >= 11 is 0. The molecule has 1 aliphatic heterocycles. The van der Waals surface area contributed by atoms with E-state index in [0.717, 1.165) is 30.2 Å². The van der Waals surface area contributed by atoms with Gasteiger partial charge in [0.15, 0.2) is 17.3 Å². The number of nitrogens with one attached hydrogen (secondary N) is 1. The van der Waals surface area contributed by atoms with Gasteiger partial charge in [0.05, 0.1) is 20.4 Å². The van der Waals surface area contributed by atoms with Gasteiger partial charge in [-0.3, -0.25) is 0 Å². The second-order valence-corrected chi connectivity index (χ2v) is 6.28. The summed E-state index contributed by atoms with van der Waals surface area (Å²) in [6, 6.07) is 14.0. The van der Waals surface area contributed by atoms with Crippen LogP contribution in [0.2, 0.25) is 0 Å². The molecule has 0 spiro atoms. The number of ether oxygens (including phenoxy) is 2. The molecule has 2 aromatic carbocycles. The van der Waals surface area contributed by atoms with Gasteiger partial charge in [0.2, 0.25) is 5.95 Å². The standard InChI is InChI=1S/C20H21N5O2/c1-26-17-10-14-8-9-25(13-15(14)11-18(17)27-2)20-23-19(12-21-24-20)22-16-6-4-3-5-7-16/h3-7,10-12H,8-9,13H2,1-2H3,(H,22,23,24). The van der Waals surface area contributed by atoms with Crippen LogP contribution in [0.25, 0.3) is 0 Å². The summed E-state index contributed by atoms with van der Waals surface area (Å²) in [5.74, 6) is 2.77. The van der Waals surface area contributed by atoms with Gasteiger partial charge in [-0.05, 0) is 41.8 Å². The lowest BCUT2D eigenvalue weighted by molar-refractivity contribution is 0.353. The zero-order valence-electron chi connectivity index (χ0n) is 15.3. The van der Waals surface area contributed by atoms with Crippen LogP contribution in [-0.2, 0) is 13.0 Å². The summed E-state index contributed by atoms with van der Waals surface area (Å²) < 4.78 is 10.8. The van der Waals surface area contributed by atoms with Crippen molar-refractivity contribution in [2.45, 2.75) is 13.0 Å². The van der Waals surface area contributed by atoms with Crippen LogP contribution >= 0.6 is 0 Å². The third kappa shape index (κ3) is 3.62. The molecule has 0 amide bonds. The number of nitrogens with zero attached hydrogens (tertiary/aromatic N) is 4. The van der Waals surface area contributed by atoms with Gasteiger partial charge in [-0.1, -0.05) is 18.2 Å². The molecule has 1 aromatic heterocycles. The average molecular weight is 363 g/mol. The van der Waals surface area contributed by atoms with Crippen LogP contribution in [0.5, 0.6) is 11.5 Å². The van der Waals surface area contributed by atoms with Crippen LogP contribution in [-0.4, -0.2) is 35.9 Å². The van der Waals surface area contributed by atoms with Crippen LogP contribution < -0.4 is 19.7 Å². The SMILES string of the molecule is COc1cc2c(cc1OC)CN(c1nncc(Nc3ccccc3)n1)CC2. The fraction of sp³-hybridized carbons (Fsp3) is 0.250. The van der Waals surface area contributed by atoms with Crippen molar-refractivity contribution in [3.8, 4) is 11.5 Å². The first-order valence-electron chi connectivity index (χ1n) is 8.77. The van der Waals surface area contributed by atoms with E-state index in [2.05, 4.69) is 31.5 Å². The molecule has 1 aliphatic rings. The summed E-state index contributed by atoms with van der Waals surface area (Å²) in [4.78, 5) is 6.75. The lowest BCUT2D eigenvalue weighted by atomic mass is 9.99. The summed E-state index contributed by atoms with van der Waals surface area (Å²) in [7, 11) is 3.31. The van der Waals surface area contributed by atoms with E-state index in [1.165, 1.54) is 11.1 Å². The van der Waals surface area contributed by atoms with Crippen molar-refractivity contribution in [3.05, 3.63) is 59.8 Å². The molecule has 0 fully saturated rings. The molecule has 138 valence electrons. The molecule has 27 heavy (non-hydrogen) atoms. The Bertz CT molecular complexity index is 933. The van der Waals surface area contributed by atoms with E-state index in [1.807, 2.05) is 36.4 Å². The van der Waals surface area contributed by atoms with E-state index >= 15 is 0 Å². The Hall–Kier alpha value is -3.35. The van der Waals surface area contributed by atoms with Crippen molar-refractivity contribution in [2.24, 2.45) is 0 Å². The zero-order chi connectivity index (χ0) is 18.6. The number of fused-ring (bicyclic) bond motifs is 1. The summed E-state index contributed by atoms with van der Waals surface area (Å²) in [5, 5.41) is 11.6. The van der Waals surface area contributed by atoms with Crippen molar-refractivity contribution < 1.29 is 9.47 Å². The highest BCUT2D eigenvalue weighted by molar-refractivity contribution is 5.56. The first-order valence-corrected chi connectivity index (χ1v) is 8.77. The van der Waals surface area contributed by atoms with Crippen LogP contribution in [0, 0.1) is 0 Å². The molecule has 0 atom stereocenters. The van der Waals surface area contributed by atoms with Crippen LogP contribution in [0.15, 0.2) is 48.7 Å². The minimum Gasteiger partial charge on any atom is -0.493 e. The molecular weight excluding hydrogens is 342 g/mol. The fourth-order valence-corrected chi connectivity index (χ4v) is 3.21. The van der Waals surface area contributed by atoms with Crippen LogP contribution in [0.4, 0.5) is 17.5 Å². The van der Waals surface area contributed by atoms with Gasteiger partial charge < -0.3 is 19.7 Å². The number of hydrogen-bond acceptors (Lipinski definition) is 7. The number of para-hydroxylation sites is 1. The molecule has 0 saturated carbocycles. The fourth-order valence-electron chi connectivity index (χ4n) is 3.21. The minimum absolute atomic E-state index is 0.608. The molecule has 4 rings (SSSR count). The maximum Gasteiger partial charge on any atom is 0.247 e. The molecule has 0 aliphatic carbocycles. The number of anilines is 3. The number of rotatable bonds is 5. The van der Waals surface area contributed by atoms with E-state index in [4.69, 9.17) is 9.47 Å². The van der Waals surface area contributed by atoms with Gasteiger partial charge in [-0.15, -0.1) is 5.10 Å². The summed E-state index contributed by atoms with van der Waals surface area (Å²) in [6.07, 6.45) is 2.51. The van der Waals surface area contributed by atoms with Gasteiger partial charge in [0.25, 0.3) is 0 Å². The van der Waals surface area contributed by atoms with E-state index in [0.29, 0.717) is 18.3 Å². The number of hydrogen-bond donors (Lipinski definition) is 1. The molecule has 7 nitrogen and oxygen atoms in total. The molecule has 1 N–H and O–H groups in total. The number of benzene rings is 2. The van der Waals surface area contributed by atoms with E-state index in [9.17, 15) is 0 Å². The molecule has 7 heteroatoms. The van der Waals surface area contributed by atoms with Crippen molar-refractivity contribution >= 4 is 17.5 Å². The predicted molar refractivity (Wildman–Crippen MR) is 104 cm³/mol. The smallest absolute Gasteiger partial charge is 0.247 e. The Morgan fingerprint density at radius 1 is 1.00 bits per heavy atom. The molecular formula is C20H21N5O2. The first-order chi connectivity index (χ1) is 13.3. The van der Waals surface area contributed by atoms with E-state index in [-0.39, 0.29) is 0 Å². The Kier molecular flexibility index (Phi) is 4.74. The van der Waals surface area contributed by atoms with Crippen molar-refractivity contribution in [1.82, 2.24) is 15.2 Å². The molecule has 0 bridgehead atoms. The van der Waals surface area contributed by atoms with Gasteiger partial charge in [-0.25, -0.2) is 0 Å². The highest BCUT2D eigenvalue weighted by atomic mass is 16.5. The van der Waals surface area contributed by atoms with Gasteiger partial charge in [-0.2, -0.15) is 10.1 Å². The molecule has 3 aromatic rings. The number of methoxy groups -OCH3 is 2. The third-order valence-corrected chi connectivity index (χ3v) is 4.59. The quantitative estimate of drug-likeness (QED) is 0.746. The van der Waals surface area contributed by atoms with Gasteiger partial charge in [0.1, 0.15) is 0 Å².